The van der Waals surface area contributed by atoms with E-state index in [0.717, 1.165) is 0 Å². The summed E-state index contributed by atoms with van der Waals surface area (Å²) in [6.45, 7) is 8.55. The molecule has 2 fully saturated rings. The number of hydrogen-bond donors (Lipinski definition) is 0. The number of nitrogens with zero attached hydrogens (tertiary/aromatic N) is 1. The number of ether oxygens (including phenoxy) is 3. The van der Waals surface area contributed by atoms with Crippen molar-refractivity contribution >= 4 is 17.9 Å². The van der Waals surface area contributed by atoms with Crippen LogP contribution in [0.1, 0.15) is 33.6 Å². The van der Waals surface area contributed by atoms with Crippen LogP contribution in [0.4, 0.5) is 0 Å². The van der Waals surface area contributed by atoms with Gasteiger partial charge in [-0.25, -0.2) is 9.59 Å². The highest BCUT2D eigenvalue weighted by atomic mass is 16.6. The van der Waals surface area contributed by atoms with Gasteiger partial charge in [0.15, 0.2) is 12.1 Å². The summed E-state index contributed by atoms with van der Waals surface area (Å²) >= 11 is 0. The fraction of sp³-hybridized carbons (Fsp3) is 0.550. The summed E-state index contributed by atoms with van der Waals surface area (Å²) in [5.41, 5.74) is -0.652. The van der Waals surface area contributed by atoms with Crippen molar-refractivity contribution in [3.05, 3.63) is 40.7 Å². The lowest BCUT2D eigenvalue weighted by Gasteiger charge is -2.40. The van der Waals surface area contributed by atoms with E-state index in [4.69, 9.17) is 14.2 Å². The molecule has 0 aliphatic carbocycles. The first-order chi connectivity index (χ1) is 13.1. The molecule has 0 spiro atoms. The molecule has 152 valence electrons. The molecule has 4 atom stereocenters. The predicted molar refractivity (Wildman–Crippen MR) is 98.4 cm³/mol. The van der Waals surface area contributed by atoms with E-state index in [-0.39, 0.29) is 30.7 Å². The van der Waals surface area contributed by atoms with E-state index in [2.05, 4.69) is 6.58 Å². The summed E-state index contributed by atoms with van der Waals surface area (Å²) in [6.07, 6.45) is 3.17. The molecule has 0 aromatic carbocycles. The molecule has 3 aliphatic heterocycles. The van der Waals surface area contributed by atoms with Crippen LogP contribution in [0.3, 0.4) is 0 Å². The Morgan fingerprint density at radius 3 is 2.82 bits per heavy atom. The molecule has 28 heavy (non-hydrogen) atoms. The maximum absolute atomic E-state index is 13.0. The molecule has 3 aliphatic rings. The van der Waals surface area contributed by atoms with Crippen LogP contribution in [-0.4, -0.2) is 60.0 Å². The van der Waals surface area contributed by atoms with Crippen LogP contribution in [0.5, 0.6) is 0 Å². The number of hydroxylamine groups is 3. The van der Waals surface area contributed by atoms with Crippen molar-refractivity contribution in [1.82, 2.24) is 0 Å². The Morgan fingerprint density at radius 1 is 1.46 bits per heavy atom. The third kappa shape index (κ3) is 3.38. The van der Waals surface area contributed by atoms with Gasteiger partial charge in [-0.3, -0.25) is 4.79 Å². The van der Waals surface area contributed by atoms with Crippen molar-refractivity contribution in [3.8, 4) is 0 Å². The van der Waals surface area contributed by atoms with Gasteiger partial charge in [-0.05, 0) is 25.5 Å². The van der Waals surface area contributed by atoms with Gasteiger partial charge in [-0.15, -0.1) is 0 Å². The number of allylic oxidation sites excluding steroid dienone is 1. The molecule has 0 saturated carbocycles. The van der Waals surface area contributed by atoms with Gasteiger partial charge < -0.3 is 24.1 Å². The summed E-state index contributed by atoms with van der Waals surface area (Å²) in [6, 6.07) is -0.586. The molecule has 0 radical (unpaired) electrons. The SMILES string of the molecule is C=C1CC(=CC)C(=O)OC2CC[N+]3([O-])CC=C(COC(=O)C1(C)OC(C)=O)C23. The Balaban J connectivity index is 1.98. The molecule has 0 bridgehead atoms. The molecule has 0 aromatic rings. The van der Waals surface area contributed by atoms with Gasteiger partial charge in [0.1, 0.15) is 6.61 Å². The second kappa shape index (κ2) is 7.18. The fourth-order valence-electron chi connectivity index (χ4n) is 4.09. The number of carbonyl (C=O) groups is 3. The maximum atomic E-state index is 13.0. The first-order valence-corrected chi connectivity index (χ1v) is 9.28. The summed E-state index contributed by atoms with van der Waals surface area (Å²) < 4.78 is 15.8. The Bertz CT molecular complexity index is 798. The van der Waals surface area contributed by atoms with Crippen LogP contribution in [0, 0.1) is 5.21 Å². The average Bonchev–Trinajstić information content (AvgIpc) is 3.11. The van der Waals surface area contributed by atoms with Crippen molar-refractivity contribution in [3.63, 3.8) is 0 Å². The second-order valence-corrected chi connectivity index (χ2v) is 7.61. The van der Waals surface area contributed by atoms with Gasteiger partial charge >= 0.3 is 17.9 Å². The normalized spacial score (nSPS) is 37.4. The lowest BCUT2D eigenvalue weighted by atomic mass is 9.90. The van der Waals surface area contributed by atoms with E-state index >= 15 is 0 Å². The van der Waals surface area contributed by atoms with Crippen molar-refractivity contribution in [1.29, 1.82) is 0 Å². The smallest absolute Gasteiger partial charge is 0.355 e. The molecule has 3 heterocycles. The Morgan fingerprint density at radius 2 is 2.18 bits per heavy atom. The first-order valence-electron chi connectivity index (χ1n) is 9.28. The van der Waals surface area contributed by atoms with Crippen LogP contribution in [0.2, 0.25) is 0 Å². The Labute approximate surface area is 163 Å². The van der Waals surface area contributed by atoms with Crippen molar-refractivity contribution in [2.24, 2.45) is 0 Å². The van der Waals surface area contributed by atoms with Gasteiger partial charge in [-0.1, -0.05) is 12.7 Å². The predicted octanol–water partition coefficient (Wildman–Crippen LogP) is 1.70. The highest BCUT2D eigenvalue weighted by molar-refractivity contribution is 5.91. The summed E-state index contributed by atoms with van der Waals surface area (Å²) in [4.78, 5) is 37.1. The molecular formula is C20H25NO7. The number of quaternary nitrogens is 1. The van der Waals surface area contributed by atoms with E-state index in [1.807, 2.05) is 0 Å². The van der Waals surface area contributed by atoms with Crippen molar-refractivity contribution in [2.75, 3.05) is 19.7 Å². The monoisotopic (exact) mass is 391 g/mol. The van der Waals surface area contributed by atoms with Crippen LogP contribution in [-0.2, 0) is 28.6 Å². The number of esters is 3. The maximum Gasteiger partial charge on any atom is 0.355 e. The van der Waals surface area contributed by atoms with E-state index < -0.39 is 40.3 Å². The molecule has 4 unspecified atom stereocenters. The number of cyclic esters (lactones) is 1. The van der Waals surface area contributed by atoms with Gasteiger partial charge in [0.05, 0.1) is 13.1 Å². The first kappa shape index (κ1) is 20.3. The zero-order valence-electron chi connectivity index (χ0n) is 16.4. The summed E-state index contributed by atoms with van der Waals surface area (Å²) in [7, 11) is 0. The lowest BCUT2D eigenvalue weighted by molar-refractivity contribution is -0.877. The lowest BCUT2D eigenvalue weighted by Crippen LogP contribution is -2.49. The van der Waals surface area contributed by atoms with Crippen LogP contribution in [0.15, 0.2) is 35.5 Å². The molecule has 2 saturated heterocycles. The highest BCUT2D eigenvalue weighted by Crippen LogP contribution is 2.39. The quantitative estimate of drug-likeness (QED) is 0.167. The minimum atomic E-state index is -1.75. The van der Waals surface area contributed by atoms with Gasteiger partial charge in [0.25, 0.3) is 0 Å². The van der Waals surface area contributed by atoms with Crippen molar-refractivity contribution in [2.45, 2.75) is 51.4 Å². The van der Waals surface area contributed by atoms with Crippen LogP contribution < -0.4 is 0 Å². The van der Waals surface area contributed by atoms with Crippen LogP contribution in [0.25, 0.3) is 0 Å². The third-order valence-corrected chi connectivity index (χ3v) is 5.75. The summed E-state index contributed by atoms with van der Waals surface area (Å²) in [5.74, 6) is -2.03. The average molecular weight is 391 g/mol. The molecule has 8 heteroatoms. The van der Waals surface area contributed by atoms with E-state index in [0.29, 0.717) is 18.5 Å². The fourth-order valence-corrected chi connectivity index (χ4v) is 4.09. The molecule has 3 rings (SSSR count). The number of rotatable bonds is 1. The topological polar surface area (TPSA) is 102 Å². The molecule has 0 N–H and O–H groups in total. The van der Waals surface area contributed by atoms with E-state index in [1.165, 1.54) is 13.8 Å². The molecule has 0 aromatic heterocycles. The zero-order valence-corrected chi connectivity index (χ0v) is 16.4. The Hall–Kier alpha value is -2.45. The largest absolute Gasteiger partial charge is 0.632 e. The number of carbonyl (C=O) groups excluding carboxylic acids is 3. The molecule has 8 nitrogen and oxygen atoms in total. The van der Waals surface area contributed by atoms with Gasteiger partial charge in [0, 0.05) is 30.9 Å². The second-order valence-electron chi connectivity index (χ2n) is 7.61. The molecular weight excluding hydrogens is 366 g/mol. The van der Waals surface area contributed by atoms with E-state index in [1.54, 1.807) is 19.1 Å². The van der Waals surface area contributed by atoms with Crippen LogP contribution >= 0.6 is 0 Å². The third-order valence-electron chi connectivity index (χ3n) is 5.75. The van der Waals surface area contributed by atoms with Crippen molar-refractivity contribution < 1.29 is 33.2 Å². The summed E-state index contributed by atoms with van der Waals surface area (Å²) in [5, 5.41) is 13.0. The minimum absolute atomic E-state index is 0.0222. The minimum Gasteiger partial charge on any atom is -0.632 e. The number of hydrogen-bond acceptors (Lipinski definition) is 7. The van der Waals surface area contributed by atoms with Gasteiger partial charge in [0.2, 0.25) is 5.60 Å². The standard InChI is InChI=1S/C20H25NO7/c1-5-14-10-12(2)20(4,28-13(3)22)19(24)26-11-15-6-8-21(25)9-7-16(17(15)21)27-18(14)23/h5-6,16-17H,2,7-11H2,1,3-4H3. The zero-order chi connectivity index (χ0) is 20.7. The highest BCUT2D eigenvalue weighted by Gasteiger charge is 2.51. The van der Waals surface area contributed by atoms with E-state index in [9.17, 15) is 19.6 Å². The Kier molecular flexibility index (Phi) is 5.20. The van der Waals surface area contributed by atoms with Gasteiger partial charge in [-0.2, -0.15) is 0 Å². The molecule has 0 amide bonds.